The molecule has 0 amide bonds. The lowest BCUT2D eigenvalue weighted by Crippen LogP contribution is -2.41. The van der Waals surface area contributed by atoms with E-state index in [9.17, 15) is 0 Å². The molecule has 0 aromatic heterocycles. The zero-order valence-electron chi connectivity index (χ0n) is 7.12. The number of rotatable bonds is 2. The molecule has 0 spiro atoms. The average molecular weight is 160 g/mol. The summed E-state index contributed by atoms with van der Waals surface area (Å²) in [6, 6.07) is 0. The van der Waals surface area contributed by atoms with Gasteiger partial charge in [0.25, 0.3) is 0 Å². The Kier molecular flexibility index (Phi) is 3.30. The number of aliphatic hydroxyl groups excluding tert-OH is 1. The van der Waals surface area contributed by atoms with Crippen LogP contribution in [0.2, 0.25) is 0 Å². The molecule has 3 heteroatoms. The fourth-order valence-electron chi connectivity index (χ4n) is 1.54. The number of ether oxygens (including phenoxy) is 2. The highest BCUT2D eigenvalue weighted by atomic mass is 16.5. The van der Waals surface area contributed by atoms with Gasteiger partial charge in [-0.25, -0.2) is 0 Å². The number of hydrogen-bond acceptors (Lipinski definition) is 3. The zero-order chi connectivity index (χ0) is 8.27. The van der Waals surface area contributed by atoms with Crippen LogP contribution in [0.25, 0.3) is 0 Å². The van der Waals surface area contributed by atoms with Crippen molar-refractivity contribution in [3.8, 4) is 0 Å². The van der Waals surface area contributed by atoms with Crippen molar-refractivity contribution >= 4 is 0 Å². The summed E-state index contributed by atoms with van der Waals surface area (Å²) in [5, 5.41) is 8.89. The molecule has 3 nitrogen and oxygen atoms in total. The summed E-state index contributed by atoms with van der Waals surface area (Å²) in [6.45, 7) is 2.85. The molecule has 0 bridgehead atoms. The molecule has 0 aromatic rings. The minimum Gasteiger partial charge on any atom is -0.394 e. The minimum absolute atomic E-state index is 0.0336. The van der Waals surface area contributed by atoms with Crippen LogP contribution in [0.15, 0.2) is 0 Å². The first-order chi connectivity index (χ1) is 5.29. The molecule has 1 aliphatic heterocycles. The first-order valence-electron chi connectivity index (χ1n) is 4.05. The second kappa shape index (κ2) is 4.04. The average Bonchev–Trinajstić information content (AvgIpc) is 2.05. The summed E-state index contributed by atoms with van der Waals surface area (Å²) in [6.07, 6.45) is 1.16. The number of methoxy groups -OCH3 is 1. The van der Waals surface area contributed by atoms with Crippen molar-refractivity contribution in [2.75, 3.05) is 20.3 Å². The fourth-order valence-corrected chi connectivity index (χ4v) is 1.54. The van der Waals surface area contributed by atoms with Crippen LogP contribution in [0, 0.1) is 5.92 Å². The quantitative estimate of drug-likeness (QED) is 0.636. The summed E-state index contributed by atoms with van der Waals surface area (Å²) >= 11 is 0. The normalized spacial score (nSPS) is 39.0. The van der Waals surface area contributed by atoms with E-state index in [2.05, 4.69) is 0 Å². The fraction of sp³-hybridized carbons (Fsp3) is 1.00. The van der Waals surface area contributed by atoms with Crippen LogP contribution >= 0.6 is 0 Å². The molecule has 66 valence electrons. The van der Waals surface area contributed by atoms with Gasteiger partial charge in [-0.2, -0.15) is 0 Å². The molecule has 1 N–H and O–H groups in total. The van der Waals surface area contributed by atoms with Crippen molar-refractivity contribution in [3.63, 3.8) is 0 Å². The molecular formula is C8H16O3. The number of aliphatic hydroxyl groups is 1. The van der Waals surface area contributed by atoms with E-state index in [1.807, 2.05) is 6.92 Å². The standard InChI is InChI=1S/C8H16O3/c1-6-7(10-2)3-4-11-8(6)5-9/h6-9H,3-5H2,1-2H3. The molecule has 1 saturated heterocycles. The van der Waals surface area contributed by atoms with Gasteiger partial charge in [0, 0.05) is 19.6 Å². The van der Waals surface area contributed by atoms with Crippen LogP contribution < -0.4 is 0 Å². The lowest BCUT2D eigenvalue weighted by atomic mass is 9.94. The van der Waals surface area contributed by atoms with Gasteiger partial charge in [0.1, 0.15) is 0 Å². The largest absolute Gasteiger partial charge is 0.394 e. The third-order valence-electron chi connectivity index (χ3n) is 2.39. The smallest absolute Gasteiger partial charge is 0.0855 e. The van der Waals surface area contributed by atoms with Gasteiger partial charge in [-0.15, -0.1) is 0 Å². The molecule has 0 saturated carbocycles. The molecular weight excluding hydrogens is 144 g/mol. The highest BCUT2D eigenvalue weighted by Gasteiger charge is 2.29. The van der Waals surface area contributed by atoms with E-state index < -0.39 is 0 Å². The van der Waals surface area contributed by atoms with Crippen LogP contribution in [0.3, 0.4) is 0 Å². The second-order valence-electron chi connectivity index (χ2n) is 3.01. The maximum Gasteiger partial charge on any atom is 0.0855 e. The van der Waals surface area contributed by atoms with Gasteiger partial charge in [0.15, 0.2) is 0 Å². The van der Waals surface area contributed by atoms with Crippen molar-refractivity contribution in [1.29, 1.82) is 0 Å². The molecule has 0 aromatic carbocycles. The van der Waals surface area contributed by atoms with E-state index in [1.54, 1.807) is 7.11 Å². The molecule has 3 atom stereocenters. The SMILES string of the molecule is COC1CCOC(CO)C1C. The molecule has 1 heterocycles. The maximum absolute atomic E-state index is 8.89. The van der Waals surface area contributed by atoms with Crippen LogP contribution in [0.5, 0.6) is 0 Å². The van der Waals surface area contributed by atoms with Gasteiger partial charge in [0.2, 0.25) is 0 Å². The van der Waals surface area contributed by atoms with Gasteiger partial charge in [-0.1, -0.05) is 6.92 Å². The Labute approximate surface area is 67.3 Å². The molecule has 11 heavy (non-hydrogen) atoms. The Balaban J connectivity index is 2.45. The molecule has 1 aliphatic rings. The highest BCUT2D eigenvalue weighted by molar-refractivity contribution is 4.78. The lowest BCUT2D eigenvalue weighted by Gasteiger charge is -2.34. The lowest BCUT2D eigenvalue weighted by molar-refractivity contribution is -0.114. The maximum atomic E-state index is 8.89. The van der Waals surface area contributed by atoms with Crippen molar-refractivity contribution in [3.05, 3.63) is 0 Å². The van der Waals surface area contributed by atoms with E-state index >= 15 is 0 Å². The van der Waals surface area contributed by atoms with Crippen LogP contribution in [-0.2, 0) is 9.47 Å². The summed E-state index contributed by atoms with van der Waals surface area (Å²) in [7, 11) is 1.71. The summed E-state index contributed by atoms with van der Waals surface area (Å²) in [5.41, 5.74) is 0. The zero-order valence-corrected chi connectivity index (χ0v) is 7.12. The van der Waals surface area contributed by atoms with Gasteiger partial charge < -0.3 is 14.6 Å². The predicted octanol–water partition coefficient (Wildman–Crippen LogP) is 0.419. The first kappa shape index (κ1) is 8.97. The van der Waals surface area contributed by atoms with Crippen LogP contribution in [0.4, 0.5) is 0 Å². The molecule has 1 fully saturated rings. The van der Waals surface area contributed by atoms with Gasteiger partial charge in [-0.05, 0) is 6.42 Å². The third kappa shape index (κ3) is 1.92. The first-order valence-corrected chi connectivity index (χ1v) is 4.05. The predicted molar refractivity (Wildman–Crippen MR) is 41.4 cm³/mol. The number of hydrogen-bond donors (Lipinski definition) is 1. The Bertz CT molecular complexity index is 104. The van der Waals surface area contributed by atoms with E-state index in [-0.39, 0.29) is 18.8 Å². The highest BCUT2D eigenvalue weighted by Crippen LogP contribution is 2.22. The Hall–Kier alpha value is -0.120. The Morgan fingerprint density at radius 3 is 2.91 bits per heavy atom. The van der Waals surface area contributed by atoms with Gasteiger partial charge in [0.05, 0.1) is 18.8 Å². The monoisotopic (exact) mass is 160 g/mol. The molecule has 0 aliphatic carbocycles. The molecule has 1 rings (SSSR count). The Morgan fingerprint density at radius 2 is 2.36 bits per heavy atom. The van der Waals surface area contributed by atoms with E-state index in [4.69, 9.17) is 14.6 Å². The second-order valence-corrected chi connectivity index (χ2v) is 3.01. The van der Waals surface area contributed by atoms with Crippen molar-refractivity contribution < 1.29 is 14.6 Å². The summed E-state index contributed by atoms with van der Waals surface area (Å²) in [5.74, 6) is 0.304. The minimum atomic E-state index is -0.0336. The summed E-state index contributed by atoms with van der Waals surface area (Å²) in [4.78, 5) is 0. The topological polar surface area (TPSA) is 38.7 Å². The van der Waals surface area contributed by atoms with E-state index in [0.29, 0.717) is 12.5 Å². The van der Waals surface area contributed by atoms with Crippen molar-refractivity contribution in [2.24, 2.45) is 5.92 Å². The van der Waals surface area contributed by atoms with Crippen LogP contribution in [-0.4, -0.2) is 37.6 Å². The third-order valence-corrected chi connectivity index (χ3v) is 2.39. The van der Waals surface area contributed by atoms with Gasteiger partial charge >= 0.3 is 0 Å². The molecule has 3 unspecified atom stereocenters. The van der Waals surface area contributed by atoms with Crippen LogP contribution in [0.1, 0.15) is 13.3 Å². The summed E-state index contributed by atoms with van der Waals surface area (Å²) < 4.78 is 10.6. The van der Waals surface area contributed by atoms with Gasteiger partial charge in [-0.3, -0.25) is 0 Å². The van der Waals surface area contributed by atoms with Crippen molar-refractivity contribution in [1.82, 2.24) is 0 Å². The van der Waals surface area contributed by atoms with E-state index in [0.717, 1.165) is 6.42 Å². The van der Waals surface area contributed by atoms with Crippen molar-refractivity contribution in [2.45, 2.75) is 25.6 Å². The Morgan fingerprint density at radius 1 is 1.64 bits per heavy atom. The molecule has 0 radical (unpaired) electrons. The van der Waals surface area contributed by atoms with E-state index in [1.165, 1.54) is 0 Å².